The summed E-state index contributed by atoms with van der Waals surface area (Å²) >= 11 is 2.81. The molecule has 15 heteroatoms. The van der Waals surface area contributed by atoms with E-state index in [-0.39, 0.29) is 63.8 Å². The van der Waals surface area contributed by atoms with Crippen LogP contribution in [0.4, 0.5) is 24.5 Å². The standard InChI is InChI=1S/C26H20BrF3N2O4S.HNO2.Na/c1-31-26(33)23-18-11-17(13-3-4-13)21(12-22(18)36-25(23)14-5-7-15(28)8-6-14)32(37(2,34)35)16-9-19(29)24(27)20(30)10-16;2-1-3;/h5-13H,3-4H2,1-2H3,(H,31,33);(H,2,3);/q;;+1/p-1. The maximum Gasteiger partial charge on any atom is 1.00 e. The normalized spacial score (nSPS) is 12.6. The number of anilines is 2. The van der Waals surface area contributed by atoms with Crippen LogP contribution < -0.4 is 39.2 Å². The minimum atomic E-state index is -4.07. The molecule has 0 bridgehead atoms. The summed E-state index contributed by atoms with van der Waals surface area (Å²) in [4.78, 5) is 20.9. The first-order chi connectivity index (χ1) is 18.9. The molecule has 1 heterocycles. The third-order valence-electron chi connectivity index (χ3n) is 6.17. The average molecular weight is 662 g/mol. The predicted molar refractivity (Wildman–Crippen MR) is 147 cm³/mol. The van der Waals surface area contributed by atoms with E-state index in [2.05, 4.69) is 21.2 Å². The van der Waals surface area contributed by atoms with E-state index in [0.717, 1.165) is 40.9 Å². The summed E-state index contributed by atoms with van der Waals surface area (Å²) in [5, 5.41) is 12.0. The van der Waals surface area contributed by atoms with Gasteiger partial charge in [0, 0.05) is 24.1 Å². The predicted octanol–water partition coefficient (Wildman–Crippen LogP) is 3.87. The second-order valence-corrected chi connectivity index (χ2v) is 11.5. The van der Waals surface area contributed by atoms with Gasteiger partial charge in [0.05, 0.1) is 27.7 Å². The van der Waals surface area contributed by atoms with Crippen molar-refractivity contribution in [3.8, 4) is 11.3 Å². The molecule has 0 saturated heterocycles. The molecule has 210 valence electrons. The smallest absolute Gasteiger partial charge is 0.455 e. The van der Waals surface area contributed by atoms with E-state index < -0.39 is 37.9 Å². The van der Waals surface area contributed by atoms with Crippen molar-refractivity contribution in [3.63, 3.8) is 0 Å². The Balaban J connectivity index is 0.00000111. The van der Waals surface area contributed by atoms with E-state index in [1.165, 1.54) is 37.4 Å². The van der Waals surface area contributed by atoms with Crippen LogP contribution in [-0.2, 0) is 10.0 Å². The molecule has 1 aromatic heterocycles. The summed E-state index contributed by atoms with van der Waals surface area (Å²) in [6.07, 6.45) is 2.49. The van der Waals surface area contributed by atoms with Crippen LogP contribution in [0.1, 0.15) is 34.7 Å². The van der Waals surface area contributed by atoms with Crippen molar-refractivity contribution in [2.75, 3.05) is 17.6 Å². The summed E-state index contributed by atoms with van der Waals surface area (Å²) in [6, 6.07) is 10.4. The number of halogens is 4. The Bertz CT molecular complexity index is 1710. The van der Waals surface area contributed by atoms with Crippen molar-refractivity contribution in [1.82, 2.24) is 5.32 Å². The van der Waals surface area contributed by atoms with Gasteiger partial charge in [-0.2, -0.15) is 0 Å². The molecule has 0 aliphatic heterocycles. The first kappa shape index (κ1) is 32.6. The number of sulfonamides is 1. The molecule has 1 saturated carbocycles. The van der Waals surface area contributed by atoms with E-state index in [1.54, 1.807) is 6.07 Å². The van der Waals surface area contributed by atoms with Crippen LogP contribution in [-0.4, -0.2) is 27.6 Å². The topological polar surface area (TPSA) is 132 Å². The van der Waals surface area contributed by atoms with E-state index in [1.807, 2.05) is 0 Å². The molecule has 0 radical (unpaired) electrons. The van der Waals surface area contributed by atoms with Crippen LogP contribution in [0.3, 0.4) is 0 Å². The van der Waals surface area contributed by atoms with Crippen molar-refractivity contribution < 1.29 is 60.4 Å². The Morgan fingerprint density at radius 1 is 1.10 bits per heavy atom. The molecule has 0 unspecified atom stereocenters. The first-order valence-corrected chi connectivity index (χ1v) is 14.2. The maximum absolute atomic E-state index is 14.4. The van der Waals surface area contributed by atoms with Gasteiger partial charge in [0.15, 0.2) is 0 Å². The second-order valence-electron chi connectivity index (χ2n) is 8.90. The monoisotopic (exact) mass is 661 g/mol. The van der Waals surface area contributed by atoms with Gasteiger partial charge < -0.3 is 19.8 Å². The summed E-state index contributed by atoms with van der Waals surface area (Å²) in [5.41, 5.74) is 1.38. The minimum absolute atomic E-state index is 0. The number of nitrogens with zero attached hydrogens (tertiary/aromatic N) is 2. The fourth-order valence-corrected chi connectivity index (χ4v) is 5.60. The molecule has 5 rings (SSSR count). The zero-order chi connectivity index (χ0) is 29.4. The Hall–Kier alpha value is -2.91. The van der Waals surface area contributed by atoms with Crippen LogP contribution in [0.5, 0.6) is 0 Å². The number of carbonyl (C=O) groups excluding carboxylic acids is 1. The quantitative estimate of drug-likeness (QED) is 0.144. The Kier molecular flexibility index (Phi) is 10.3. The SMILES string of the molecule is CNC(=O)c1c(-c2ccc(F)cc2)oc2cc(N(c3cc(F)c(Br)c(F)c3)S(C)(=O)=O)c(C3CC3)cc12.O=N[O-].[Na+]. The van der Waals surface area contributed by atoms with E-state index in [9.17, 15) is 26.4 Å². The van der Waals surface area contributed by atoms with E-state index in [4.69, 9.17) is 14.5 Å². The fourth-order valence-electron chi connectivity index (χ4n) is 4.37. The number of amides is 1. The number of nitrogens with one attached hydrogen (secondary N) is 1. The number of furan rings is 1. The second kappa shape index (κ2) is 12.9. The van der Waals surface area contributed by atoms with Gasteiger partial charge in [0.25, 0.3) is 5.91 Å². The summed E-state index contributed by atoms with van der Waals surface area (Å²) < 4.78 is 74.9. The molecule has 1 N–H and O–H groups in total. The molecule has 1 amide bonds. The van der Waals surface area contributed by atoms with Gasteiger partial charge in [0.1, 0.15) is 28.8 Å². The van der Waals surface area contributed by atoms with Gasteiger partial charge in [-0.05, 0) is 82.7 Å². The molecule has 1 fully saturated rings. The first-order valence-electron chi connectivity index (χ1n) is 11.6. The summed E-state index contributed by atoms with van der Waals surface area (Å²) in [6.45, 7) is 0. The molecule has 1 aliphatic rings. The Morgan fingerprint density at radius 3 is 2.15 bits per heavy atom. The van der Waals surface area contributed by atoms with E-state index >= 15 is 0 Å². The van der Waals surface area contributed by atoms with Gasteiger partial charge in [0.2, 0.25) is 10.0 Å². The number of benzene rings is 3. The maximum atomic E-state index is 14.4. The van der Waals surface area contributed by atoms with Crippen LogP contribution in [0.2, 0.25) is 0 Å². The molecular weight excluding hydrogens is 642 g/mol. The Morgan fingerprint density at radius 2 is 1.66 bits per heavy atom. The van der Waals surface area contributed by atoms with Crippen LogP contribution in [0.15, 0.2) is 62.8 Å². The summed E-state index contributed by atoms with van der Waals surface area (Å²) in [7, 11) is -2.61. The minimum Gasteiger partial charge on any atom is -0.455 e. The number of hydrogen-bond acceptors (Lipinski definition) is 7. The number of hydrogen-bond donors (Lipinski definition) is 1. The van der Waals surface area contributed by atoms with E-state index in [0.29, 0.717) is 16.5 Å². The van der Waals surface area contributed by atoms with Crippen molar-refractivity contribution in [1.29, 1.82) is 0 Å². The summed E-state index contributed by atoms with van der Waals surface area (Å²) in [5.74, 6) is -2.66. The van der Waals surface area contributed by atoms with Gasteiger partial charge in [-0.25, -0.2) is 25.9 Å². The average Bonchev–Trinajstić information content (AvgIpc) is 3.67. The molecule has 41 heavy (non-hydrogen) atoms. The van der Waals surface area contributed by atoms with Crippen molar-refractivity contribution >= 4 is 54.2 Å². The van der Waals surface area contributed by atoms with Gasteiger partial charge in [-0.3, -0.25) is 4.79 Å². The fraction of sp³-hybridized carbons (Fsp3) is 0.192. The molecule has 4 aromatic rings. The molecule has 0 atom stereocenters. The number of fused-ring (bicyclic) bond motifs is 1. The Labute approximate surface area is 263 Å². The van der Waals surface area contributed by atoms with Gasteiger partial charge in [-0.1, -0.05) is 0 Å². The van der Waals surface area contributed by atoms with Crippen LogP contribution in [0.25, 0.3) is 22.3 Å². The van der Waals surface area contributed by atoms with Crippen molar-refractivity contribution in [2.24, 2.45) is 5.34 Å². The molecule has 3 aromatic carbocycles. The van der Waals surface area contributed by atoms with Crippen molar-refractivity contribution in [3.05, 3.63) is 91.7 Å². The largest absolute Gasteiger partial charge is 1.00 e. The number of rotatable bonds is 6. The number of carbonyl (C=O) groups is 1. The van der Waals surface area contributed by atoms with Crippen molar-refractivity contribution in [2.45, 2.75) is 18.8 Å². The van der Waals surface area contributed by atoms with Crippen LogP contribution in [0, 0.1) is 27.6 Å². The third kappa shape index (κ3) is 6.78. The molecule has 9 nitrogen and oxygen atoms in total. The molecule has 1 aliphatic carbocycles. The van der Waals surface area contributed by atoms with Crippen LogP contribution >= 0.6 is 15.9 Å². The van der Waals surface area contributed by atoms with Gasteiger partial charge in [-0.15, -0.1) is 5.34 Å². The molecular formula is C26H20BrF3N3NaO6S. The molecule has 0 spiro atoms. The van der Waals surface area contributed by atoms with Gasteiger partial charge >= 0.3 is 29.6 Å². The third-order valence-corrected chi connectivity index (χ3v) is 8.00. The zero-order valence-corrected chi connectivity index (χ0v) is 26.3. The zero-order valence-electron chi connectivity index (χ0n) is 21.9.